The molecule has 1 amide bonds. The van der Waals surface area contributed by atoms with Gasteiger partial charge in [-0.25, -0.2) is 0 Å². The quantitative estimate of drug-likeness (QED) is 0.880. The number of halogens is 1. The van der Waals surface area contributed by atoms with Crippen molar-refractivity contribution in [3.63, 3.8) is 0 Å². The first-order valence-corrected chi connectivity index (χ1v) is 5.52. The zero-order valence-electron chi connectivity index (χ0n) is 9.71. The van der Waals surface area contributed by atoms with Crippen molar-refractivity contribution >= 4 is 17.5 Å². The average Bonchev–Trinajstić information content (AvgIpc) is 2.26. The second-order valence-corrected chi connectivity index (χ2v) is 4.24. The molecule has 1 rings (SSSR count). The molecular formula is C12H16ClNO2. The summed E-state index contributed by atoms with van der Waals surface area (Å²) >= 11 is 6.04. The molecule has 0 heterocycles. The zero-order chi connectivity index (χ0) is 12.1. The number of amides is 1. The molecule has 0 unspecified atom stereocenters. The lowest BCUT2D eigenvalue weighted by Crippen LogP contribution is -2.27. The van der Waals surface area contributed by atoms with Crippen LogP contribution < -0.4 is 10.1 Å². The van der Waals surface area contributed by atoms with E-state index in [1.54, 1.807) is 13.2 Å². The second-order valence-electron chi connectivity index (χ2n) is 3.83. The largest absolute Gasteiger partial charge is 0.497 e. The van der Waals surface area contributed by atoms with Crippen molar-refractivity contribution in [3.8, 4) is 5.75 Å². The molecule has 16 heavy (non-hydrogen) atoms. The molecule has 88 valence electrons. The molecule has 0 aliphatic heterocycles. The van der Waals surface area contributed by atoms with Gasteiger partial charge in [0, 0.05) is 17.5 Å². The predicted molar refractivity (Wildman–Crippen MR) is 64.7 cm³/mol. The van der Waals surface area contributed by atoms with Gasteiger partial charge >= 0.3 is 0 Å². The van der Waals surface area contributed by atoms with Crippen molar-refractivity contribution in [2.75, 3.05) is 7.11 Å². The van der Waals surface area contributed by atoms with Crippen LogP contribution in [0.1, 0.15) is 19.4 Å². The Kier molecular flexibility index (Phi) is 4.62. The van der Waals surface area contributed by atoms with E-state index >= 15 is 0 Å². The smallest absolute Gasteiger partial charge is 0.222 e. The van der Waals surface area contributed by atoms with Crippen molar-refractivity contribution in [1.29, 1.82) is 0 Å². The number of methoxy groups -OCH3 is 1. The maximum absolute atomic E-state index is 11.4. The van der Waals surface area contributed by atoms with Gasteiger partial charge in [-0.05, 0) is 17.7 Å². The minimum absolute atomic E-state index is 0.0166. The van der Waals surface area contributed by atoms with Gasteiger partial charge in [0.25, 0.3) is 0 Å². The number of hydrogen-bond acceptors (Lipinski definition) is 2. The Labute approximate surface area is 101 Å². The maximum Gasteiger partial charge on any atom is 0.222 e. The van der Waals surface area contributed by atoms with Crippen LogP contribution in [0.25, 0.3) is 0 Å². The van der Waals surface area contributed by atoms with E-state index in [2.05, 4.69) is 5.32 Å². The fourth-order valence-corrected chi connectivity index (χ4v) is 1.42. The molecular weight excluding hydrogens is 226 g/mol. The van der Waals surface area contributed by atoms with Gasteiger partial charge < -0.3 is 10.1 Å². The number of carbonyl (C=O) groups is 1. The van der Waals surface area contributed by atoms with Crippen molar-refractivity contribution in [2.45, 2.75) is 20.4 Å². The highest BCUT2D eigenvalue weighted by molar-refractivity contribution is 6.31. The van der Waals surface area contributed by atoms with Crippen LogP contribution in [0, 0.1) is 5.92 Å². The number of benzene rings is 1. The monoisotopic (exact) mass is 241 g/mol. The van der Waals surface area contributed by atoms with Gasteiger partial charge in [-0.1, -0.05) is 31.5 Å². The van der Waals surface area contributed by atoms with Crippen LogP contribution in [0.4, 0.5) is 0 Å². The third-order valence-corrected chi connectivity index (χ3v) is 2.59. The van der Waals surface area contributed by atoms with Gasteiger partial charge in [-0.15, -0.1) is 0 Å². The number of rotatable bonds is 4. The molecule has 0 aliphatic rings. The van der Waals surface area contributed by atoms with Gasteiger partial charge in [0.1, 0.15) is 5.75 Å². The normalized spacial score (nSPS) is 10.3. The highest BCUT2D eigenvalue weighted by atomic mass is 35.5. The standard InChI is InChI=1S/C12H16ClNO2/c1-8(2)12(15)14-7-9-4-5-10(16-3)6-11(9)13/h4-6,8H,7H2,1-3H3,(H,14,15). The van der Waals surface area contributed by atoms with Gasteiger partial charge in [0.2, 0.25) is 5.91 Å². The van der Waals surface area contributed by atoms with Gasteiger partial charge in [-0.2, -0.15) is 0 Å². The Bertz CT molecular complexity index is 377. The molecule has 0 aliphatic carbocycles. The maximum atomic E-state index is 11.4. The lowest BCUT2D eigenvalue weighted by atomic mass is 10.2. The summed E-state index contributed by atoms with van der Waals surface area (Å²) in [6.45, 7) is 4.15. The molecule has 0 bridgehead atoms. The Morgan fingerprint density at radius 2 is 2.19 bits per heavy atom. The average molecular weight is 242 g/mol. The summed E-state index contributed by atoms with van der Waals surface area (Å²) in [6.07, 6.45) is 0. The lowest BCUT2D eigenvalue weighted by molar-refractivity contribution is -0.124. The Balaban J connectivity index is 2.64. The van der Waals surface area contributed by atoms with E-state index in [0.29, 0.717) is 17.3 Å². The molecule has 0 saturated heterocycles. The van der Waals surface area contributed by atoms with E-state index in [9.17, 15) is 4.79 Å². The van der Waals surface area contributed by atoms with E-state index in [1.807, 2.05) is 26.0 Å². The molecule has 0 saturated carbocycles. The second kappa shape index (κ2) is 5.75. The number of ether oxygens (including phenoxy) is 1. The molecule has 4 heteroatoms. The van der Waals surface area contributed by atoms with Crippen LogP contribution in [0.5, 0.6) is 5.75 Å². The van der Waals surface area contributed by atoms with Gasteiger partial charge in [-0.3, -0.25) is 4.79 Å². The topological polar surface area (TPSA) is 38.3 Å². The van der Waals surface area contributed by atoms with Crippen LogP contribution in [0.3, 0.4) is 0 Å². The first-order valence-electron chi connectivity index (χ1n) is 5.14. The van der Waals surface area contributed by atoms with Crippen LogP contribution in [0.2, 0.25) is 5.02 Å². The third-order valence-electron chi connectivity index (χ3n) is 2.24. The molecule has 0 spiro atoms. The van der Waals surface area contributed by atoms with E-state index < -0.39 is 0 Å². The molecule has 0 aromatic heterocycles. The van der Waals surface area contributed by atoms with Crippen molar-refractivity contribution in [3.05, 3.63) is 28.8 Å². The first-order chi connectivity index (χ1) is 7.54. The van der Waals surface area contributed by atoms with Crippen LogP contribution in [-0.4, -0.2) is 13.0 Å². The lowest BCUT2D eigenvalue weighted by Gasteiger charge is -2.09. The van der Waals surface area contributed by atoms with Crippen molar-refractivity contribution in [1.82, 2.24) is 5.32 Å². The van der Waals surface area contributed by atoms with Gasteiger partial charge in [0.05, 0.1) is 7.11 Å². The summed E-state index contributed by atoms with van der Waals surface area (Å²) in [6, 6.07) is 5.41. The van der Waals surface area contributed by atoms with Gasteiger partial charge in [0.15, 0.2) is 0 Å². The summed E-state index contributed by atoms with van der Waals surface area (Å²) in [7, 11) is 1.59. The number of nitrogens with one attached hydrogen (secondary N) is 1. The Morgan fingerprint density at radius 3 is 2.69 bits per heavy atom. The molecule has 1 N–H and O–H groups in total. The minimum atomic E-state index is -0.0166. The molecule has 3 nitrogen and oxygen atoms in total. The van der Waals surface area contributed by atoms with E-state index in [0.717, 1.165) is 5.56 Å². The third kappa shape index (κ3) is 3.42. The highest BCUT2D eigenvalue weighted by Gasteiger charge is 2.07. The fraction of sp³-hybridized carbons (Fsp3) is 0.417. The summed E-state index contributed by atoms with van der Waals surface area (Å²) < 4.78 is 5.04. The summed E-state index contributed by atoms with van der Waals surface area (Å²) in [5.74, 6) is 0.716. The summed E-state index contributed by atoms with van der Waals surface area (Å²) in [5.41, 5.74) is 0.886. The van der Waals surface area contributed by atoms with E-state index in [4.69, 9.17) is 16.3 Å². The molecule has 1 aromatic carbocycles. The fourth-order valence-electron chi connectivity index (χ4n) is 1.18. The molecule has 1 aromatic rings. The van der Waals surface area contributed by atoms with Crippen LogP contribution in [-0.2, 0) is 11.3 Å². The number of carbonyl (C=O) groups excluding carboxylic acids is 1. The first kappa shape index (κ1) is 12.8. The molecule has 0 atom stereocenters. The van der Waals surface area contributed by atoms with Crippen LogP contribution >= 0.6 is 11.6 Å². The van der Waals surface area contributed by atoms with E-state index in [1.165, 1.54) is 0 Å². The van der Waals surface area contributed by atoms with Crippen LogP contribution in [0.15, 0.2) is 18.2 Å². The Hall–Kier alpha value is -1.22. The zero-order valence-corrected chi connectivity index (χ0v) is 10.5. The molecule has 0 radical (unpaired) electrons. The highest BCUT2D eigenvalue weighted by Crippen LogP contribution is 2.22. The predicted octanol–water partition coefficient (Wildman–Crippen LogP) is 2.62. The number of hydrogen-bond donors (Lipinski definition) is 1. The van der Waals surface area contributed by atoms with E-state index in [-0.39, 0.29) is 11.8 Å². The van der Waals surface area contributed by atoms with Crippen molar-refractivity contribution in [2.24, 2.45) is 5.92 Å². The Morgan fingerprint density at radius 1 is 1.50 bits per heavy atom. The minimum Gasteiger partial charge on any atom is -0.497 e. The summed E-state index contributed by atoms with van der Waals surface area (Å²) in [4.78, 5) is 11.4. The van der Waals surface area contributed by atoms with Crippen molar-refractivity contribution < 1.29 is 9.53 Å². The summed E-state index contributed by atoms with van der Waals surface area (Å²) in [5, 5.41) is 3.41. The molecule has 0 fully saturated rings. The SMILES string of the molecule is COc1ccc(CNC(=O)C(C)C)c(Cl)c1.